The van der Waals surface area contributed by atoms with E-state index in [0.29, 0.717) is 0 Å². The Kier molecular flexibility index (Phi) is 4.58. The first-order valence-electron chi connectivity index (χ1n) is 3.59. The zero-order valence-corrected chi connectivity index (χ0v) is 7.96. The topological polar surface area (TPSA) is 38.9 Å². The largest absolute Gasteiger partial charge is 0.330 e. The van der Waals surface area contributed by atoms with Gasteiger partial charge in [-0.05, 0) is 18.7 Å². The zero-order chi connectivity index (χ0) is 7.94. The summed E-state index contributed by atoms with van der Waals surface area (Å²) in [6.45, 7) is 0.796. The maximum absolute atomic E-state index is 5.36. The Morgan fingerprint density at radius 2 is 2.55 bits per heavy atom. The van der Waals surface area contributed by atoms with Gasteiger partial charge in [-0.3, -0.25) is 0 Å². The summed E-state index contributed by atoms with van der Waals surface area (Å²) in [5.41, 5.74) is 5.36. The molecule has 2 N–H and O–H groups in total. The molecule has 0 fully saturated rings. The maximum Gasteiger partial charge on any atom is 0.102 e. The molecule has 0 saturated carbocycles. The van der Waals surface area contributed by atoms with Crippen LogP contribution in [0.2, 0.25) is 0 Å². The number of hydrogen-bond acceptors (Lipinski definition) is 4. The molecule has 0 radical (unpaired) electrons. The molecule has 0 aliphatic heterocycles. The molecule has 0 amide bonds. The monoisotopic (exact) mass is 188 g/mol. The van der Waals surface area contributed by atoms with Crippen LogP contribution in [0.15, 0.2) is 11.6 Å². The lowest BCUT2D eigenvalue weighted by molar-refractivity contribution is 0.942. The molecule has 0 spiro atoms. The van der Waals surface area contributed by atoms with E-state index in [-0.39, 0.29) is 0 Å². The number of nitrogens with zero attached hydrogens (tertiary/aromatic N) is 1. The second-order valence-corrected chi connectivity index (χ2v) is 4.20. The van der Waals surface area contributed by atoms with Crippen molar-refractivity contribution in [3.63, 3.8) is 0 Å². The van der Waals surface area contributed by atoms with E-state index in [9.17, 15) is 0 Å². The fourth-order valence-corrected chi connectivity index (χ4v) is 2.36. The highest BCUT2D eigenvalue weighted by molar-refractivity contribution is 7.98. The molecular weight excluding hydrogens is 176 g/mol. The highest BCUT2D eigenvalue weighted by Gasteiger charge is 1.94. The van der Waals surface area contributed by atoms with Crippen LogP contribution in [-0.2, 0) is 5.75 Å². The minimum atomic E-state index is 0.796. The molecule has 0 aromatic carbocycles. The van der Waals surface area contributed by atoms with Crippen molar-refractivity contribution in [3.8, 4) is 0 Å². The van der Waals surface area contributed by atoms with Crippen molar-refractivity contribution in [2.45, 2.75) is 12.2 Å². The summed E-state index contributed by atoms with van der Waals surface area (Å²) >= 11 is 3.62. The molecule has 0 unspecified atom stereocenters. The van der Waals surface area contributed by atoms with Crippen LogP contribution in [0, 0.1) is 0 Å². The fourth-order valence-electron chi connectivity index (χ4n) is 0.669. The van der Waals surface area contributed by atoms with E-state index in [1.165, 1.54) is 5.01 Å². The Morgan fingerprint density at radius 3 is 3.18 bits per heavy atom. The summed E-state index contributed by atoms with van der Waals surface area (Å²) in [5, 5.41) is 3.23. The number of thioether (sulfide) groups is 1. The minimum Gasteiger partial charge on any atom is -0.330 e. The van der Waals surface area contributed by atoms with Crippen LogP contribution in [0.1, 0.15) is 11.4 Å². The van der Waals surface area contributed by atoms with Crippen LogP contribution in [0.4, 0.5) is 0 Å². The molecule has 2 nitrogen and oxygen atoms in total. The molecule has 0 atom stereocenters. The average molecular weight is 188 g/mol. The van der Waals surface area contributed by atoms with E-state index >= 15 is 0 Å². The Balaban J connectivity index is 2.04. The Bertz CT molecular complexity index is 175. The lowest BCUT2D eigenvalue weighted by Crippen LogP contribution is -1.99. The lowest BCUT2D eigenvalue weighted by Gasteiger charge is -1.95. The summed E-state index contributed by atoms with van der Waals surface area (Å²) in [6, 6.07) is 0. The van der Waals surface area contributed by atoms with E-state index in [1.807, 2.05) is 23.3 Å². The quantitative estimate of drug-likeness (QED) is 0.715. The van der Waals surface area contributed by atoms with Gasteiger partial charge in [0.05, 0.1) is 0 Å². The second kappa shape index (κ2) is 5.57. The van der Waals surface area contributed by atoms with Crippen LogP contribution >= 0.6 is 23.1 Å². The third kappa shape index (κ3) is 3.74. The first kappa shape index (κ1) is 9.03. The maximum atomic E-state index is 5.36. The van der Waals surface area contributed by atoms with Gasteiger partial charge in [0.2, 0.25) is 0 Å². The lowest BCUT2D eigenvalue weighted by atomic mass is 10.5. The van der Waals surface area contributed by atoms with Crippen molar-refractivity contribution in [2.24, 2.45) is 5.73 Å². The van der Waals surface area contributed by atoms with Crippen molar-refractivity contribution in [1.29, 1.82) is 0 Å². The van der Waals surface area contributed by atoms with Gasteiger partial charge in [-0.15, -0.1) is 11.3 Å². The molecule has 62 valence electrons. The molecule has 0 saturated heterocycles. The zero-order valence-electron chi connectivity index (χ0n) is 6.32. The van der Waals surface area contributed by atoms with Crippen LogP contribution in [-0.4, -0.2) is 17.3 Å². The smallest absolute Gasteiger partial charge is 0.102 e. The molecule has 4 heteroatoms. The minimum absolute atomic E-state index is 0.796. The second-order valence-electron chi connectivity index (χ2n) is 2.12. The van der Waals surface area contributed by atoms with Gasteiger partial charge in [0, 0.05) is 17.3 Å². The molecule has 1 rings (SSSR count). The third-order valence-electron chi connectivity index (χ3n) is 1.20. The van der Waals surface area contributed by atoms with E-state index < -0.39 is 0 Å². The van der Waals surface area contributed by atoms with Crippen LogP contribution in [0.3, 0.4) is 0 Å². The first-order valence-corrected chi connectivity index (χ1v) is 5.63. The Hall–Kier alpha value is -0.0600. The van der Waals surface area contributed by atoms with Crippen molar-refractivity contribution in [2.75, 3.05) is 12.3 Å². The van der Waals surface area contributed by atoms with Crippen molar-refractivity contribution in [3.05, 3.63) is 16.6 Å². The van der Waals surface area contributed by atoms with Crippen molar-refractivity contribution in [1.82, 2.24) is 4.98 Å². The molecule has 1 heterocycles. The van der Waals surface area contributed by atoms with E-state index in [0.717, 1.165) is 24.5 Å². The van der Waals surface area contributed by atoms with Crippen LogP contribution in [0.25, 0.3) is 0 Å². The van der Waals surface area contributed by atoms with Crippen LogP contribution < -0.4 is 5.73 Å². The third-order valence-corrected chi connectivity index (χ3v) is 3.22. The van der Waals surface area contributed by atoms with Gasteiger partial charge in [-0.1, -0.05) is 0 Å². The fraction of sp³-hybridized carbons (Fsp3) is 0.571. The van der Waals surface area contributed by atoms with E-state index in [2.05, 4.69) is 4.98 Å². The normalized spacial score (nSPS) is 10.3. The molecule has 1 aromatic heterocycles. The van der Waals surface area contributed by atoms with Crippen molar-refractivity contribution < 1.29 is 0 Å². The molecule has 0 bridgehead atoms. The van der Waals surface area contributed by atoms with Gasteiger partial charge >= 0.3 is 0 Å². The summed E-state index contributed by atoms with van der Waals surface area (Å²) in [7, 11) is 0. The Labute approximate surface area is 75.2 Å². The average Bonchev–Trinajstić information content (AvgIpc) is 2.50. The summed E-state index contributed by atoms with van der Waals surface area (Å²) in [5.74, 6) is 2.19. The highest BCUT2D eigenvalue weighted by Crippen LogP contribution is 2.14. The number of thiazole rings is 1. The van der Waals surface area contributed by atoms with E-state index in [1.54, 1.807) is 11.3 Å². The predicted octanol–water partition coefficient (Wildman–Crippen LogP) is 1.73. The molecule has 0 aliphatic rings. The van der Waals surface area contributed by atoms with Gasteiger partial charge in [-0.25, -0.2) is 4.98 Å². The number of hydrogen-bond donors (Lipinski definition) is 1. The van der Waals surface area contributed by atoms with Gasteiger partial charge in [-0.2, -0.15) is 11.8 Å². The number of nitrogens with two attached hydrogens (primary N) is 1. The molecule has 1 aromatic rings. The summed E-state index contributed by atoms with van der Waals surface area (Å²) < 4.78 is 0. The van der Waals surface area contributed by atoms with Crippen molar-refractivity contribution >= 4 is 23.1 Å². The highest BCUT2D eigenvalue weighted by atomic mass is 32.2. The van der Waals surface area contributed by atoms with Crippen LogP contribution in [0.5, 0.6) is 0 Å². The SMILES string of the molecule is NCCCSCc1nccs1. The summed E-state index contributed by atoms with van der Waals surface area (Å²) in [4.78, 5) is 4.18. The first-order chi connectivity index (χ1) is 5.43. The van der Waals surface area contributed by atoms with Gasteiger partial charge < -0.3 is 5.73 Å². The predicted molar refractivity (Wildman–Crippen MR) is 51.9 cm³/mol. The van der Waals surface area contributed by atoms with Gasteiger partial charge in [0.1, 0.15) is 5.01 Å². The number of aromatic nitrogens is 1. The molecular formula is C7H12N2S2. The Morgan fingerprint density at radius 1 is 1.64 bits per heavy atom. The molecule has 0 aliphatic carbocycles. The van der Waals surface area contributed by atoms with E-state index in [4.69, 9.17) is 5.73 Å². The number of rotatable bonds is 5. The molecule has 11 heavy (non-hydrogen) atoms. The standard InChI is InChI=1S/C7H12N2S2/c8-2-1-4-10-6-7-9-3-5-11-7/h3,5H,1-2,4,6,8H2. The van der Waals surface area contributed by atoms with Gasteiger partial charge in [0.15, 0.2) is 0 Å². The summed E-state index contributed by atoms with van der Waals surface area (Å²) in [6.07, 6.45) is 2.96. The van der Waals surface area contributed by atoms with Gasteiger partial charge in [0.25, 0.3) is 0 Å².